The molecule has 0 amide bonds. The lowest BCUT2D eigenvalue weighted by Crippen LogP contribution is -2.07. The topological polar surface area (TPSA) is 66.5 Å². The monoisotopic (exact) mass is 273 g/mol. The smallest absolute Gasteiger partial charge is 0.207 e. The minimum Gasteiger partial charge on any atom is -0.350 e. The number of aromatic nitrogens is 4. The molecule has 0 radical (unpaired) electrons. The van der Waals surface area contributed by atoms with Crippen molar-refractivity contribution in [1.82, 2.24) is 20.2 Å². The SMILES string of the molecule is CC(Nc1nnc(Br)s1)c1ncc[nH]1. The van der Waals surface area contributed by atoms with Crippen molar-refractivity contribution in [3.05, 3.63) is 22.1 Å². The number of imidazole rings is 1. The molecule has 74 valence electrons. The number of anilines is 1. The van der Waals surface area contributed by atoms with Crippen molar-refractivity contribution < 1.29 is 0 Å². The van der Waals surface area contributed by atoms with E-state index >= 15 is 0 Å². The molecule has 0 aliphatic rings. The molecule has 0 aliphatic heterocycles. The molecule has 2 rings (SSSR count). The third-order valence-corrected chi connectivity index (χ3v) is 2.96. The number of hydrogen-bond donors (Lipinski definition) is 2. The molecule has 0 aromatic carbocycles. The fourth-order valence-corrected chi connectivity index (χ4v) is 2.13. The lowest BCUT2D eigenvalue weighted by atomic mass is 10.3. The third kappa shape index (κ3) is 2.10. The van der Waals surface area contributed by atoms with Gasteiger partial charge in [0.2, 0.25) is 5.13 Å². The van der Waals surface area contributed by atoms with E-state index in [2.05, 4.69) is 41.4 Å². The van der Waals surface area contributed by atoms with Crippen molar-refractivity contribution >= 4 is 32.4 Å². The van der Waals surface area contributed by atoms with Crippen molar-refractivity contribution in [3.8, 4) is 0 Å². The van der Waals surface area contributed by atoms with Crippen LogP contribution >= 0.6 is 27.3 Å². The zero-order valence-electron chi connectivity index (χ0n) is 7.36. The number of rotatable bonds is 3. The van der Waals surface area contributed by atoms with E-state index in [9.17, 15) is 0 Å². The average molecular weight is 274 g/mol. The zero-order chi connectivity index (χ0) is 9.97. The molecule has 0 saturated heterocycles. The van der Waals surface area contributed by atoms with E-state index in [1.807, 2.05) is 6.92 Å². The standard InChI is InChI=1S/C7H8BrN5S/c1-4(5-9-2-3-10-5)11-7-13-12-6(8)14-7/h2-4H,1H3,(H,9,10)(H,11,13). The van der Waals surface area contributed by atoms with Gasteiger partial charge < -0.3 is 10.3 Å². The first-order valence-electron chi connectivity index (χ1n) is 4.00. The summed E-state index contributed by atoms with van der Waals surface area (Å²) >= 11 is 4.71. The predicted molar refractivity (Wildman–Crippen MR) is 58.2 cm³/mol. The van der Waals surface area contributed by atoms with Gasteiger partial charge in [0.15, 0.2) is 3.92 Å². The molecule has 2 aromatic rings. The Morgan fingerprint density at radius 3 is 3.00 bits per heavy atom. The summed E-state index contributed by atoms with van der Waals surface area (Å²) in [5.74, 6) is 0.885. The normalized spacial score (nSPS) is 12.7. The Bertz CT molecular complexity index is 398. The van der Waals surface area contributed by atoms with Crippen molar-refractivity contribution in [2.75, 3.05) is 5.32 Å². The van der Waals surface area contributed by atoms with Crippen LogP contribution in [-0.4, -0.2) is 20.2 Å². The fourth-order valence-electron chi connectivity index (χ4n) is 1.03. The van der Waals surface area contributed by atoms with E-state index in [1.54, 1.807) is 12.4 Å². The second kappa shape index (κ2) is 4.05. The van der Waals surface area contributed by atoms with Gasteiger partial charge in [-0.05, 0) is 22.9 Å². The highest BCUT2D eigenvalue weighted by molar-refractivity contribution is 9.11. The Labute approximate surface area is 93.1 Å². The van der Waals surface area contributed by atoms with Crippen LogP contribution in [0.15, 0.2) is 16.3 Å². The maximum absolute atomic E-state index is 4.15. The van der Waals surface area contributed by atoms with Crippen LogP contribution in [-0.2, 0) is 0 Å². The average Bonchev–Trinajstić information content (AvgIpc) is 2.75. The Balaban J connectivity index is 2.05. The highest BCUT2D eigenvalue weighted by Gasteiger charge is 2.09. The highest BCUT2D eigenvalue weighted by Crippen LogP contribution is 2.23. The zero-order valence-corrected chi connectivity index (χ0v) is 9.76. The summed E-state index contributed by atoms with van der Waals surface area (Å²) in [7, 11) is 0. The lowest BCUT2D eigenvalue weighted by molar-refractivity contribution is 0.804. The van der Waals surface area contributed by atoms with Gasteiger partial charge in [-0.2, -0.15) is 0 Å². The predicted octanol–water partition coefficient (Wildman–Crippen LogP) is 2.20. The van der Waals surface area contributed by atoms with E-state index in [0.29, 0.717) is 0 Å². The molecule has 1 unspecified atom stereocenters. The largest absolute Gasteiger partial charge is 0.350 e. The molecule has 0 saturated carbocycles. The van der Waals surface area contributed by atoms with Crippen LogP contribution in [0.3, 0.4) is 0 Å². The molecule has 2 N–H and O–H groups in total. The van der Waals surface area contributed by atoms with Crippen LogP contribution in [0, 0.1) is 0 Å². The molecule has 5 nitrogen and oxygen atoms in total. The van der Waals surface area contributed by atoms with Crippen molar-refractivity contribution in [3.63, 3.8) is 0 Å². The Kier molecular flexibility index (Phi) is 2.78. The molecule has 0 bridgehead atoms. The first kappa shape index (κ1) is 9.60. The van der Waals surface area contributed by atoms with Crippen LogP contribution in [0.2, 0.25) is 0 Å². The van der Waals surface area contributed by atoms with E-state index < -0.39 is 0 Å². The van der Waals surface area contributed by atoms with E-state index in [-0.39, 0.29) is 6.04 Å². The van der Waals surface area contributed by atoms with Crippen LogP contribution < -0.4 is 5.32 Å². The van der Waals surface area contributed by atoms with Gasteiger partial charge in [0.25, 0.3) is 0 Å². The molecule has 7 heteroatoms. The number of halogens is 1. The van der Waals surface area contributed by atoms with Gasteiger partial charge in [0.1, 0.15) is 5.82 Å². The van der Waals surface area contributed by atoms with Gasteiger partial charge in [-0.15, -0.1) is 10.2 Å². The summed E-state index contributed by atoms with van der Waals surface area (Å²) in [6, 6.07) is 0.102. The summed E-state index contributed by atoms with van der Waals surface area (Å²) in [6.45, 7) is 2.01. The Hall–Kier alpha value is -0.950. The van der Waals surface area contributed by atoms with Gasteiger partial charge in [-0.3, -0.25) is 0 Å². The molecule has 0 spiro atoms. The second-order valence-corrected chi connectivity index (χ2v) is 4.95. The van der Waals surface area contributed by atoms with Crippen LogP contribution in [0.1, 0.15) is 18.8 Å². The summed E-state index contributed by atoms with van der Waals surface area (Å²) in [5, 5.41) is 11.7. The highest BCUT2D eigenvalue weighted by atomic mass is 79.9. The third-order valence-electron chi connectivity index (χ3n) is 1.67. The number of nitrogens with one attached hydrogen (secondary N) is 2. The number of nitrogens with zero attached hydrogens (tertiary/aromatic N) is 3. The van der Waals surface area contributed by atoms with Crippen molar-refractivity contribution in [1.29, 1.82) is 0 Å². The molecule has 2 heterocycles. The van der Waals surface area contributed by atoms with Gasteiger partial charge in [0.05, 0.1) is 6.04 Å². The number of aromatic amines is 1. The minimum atomic E-state index is 0.102. The summed E-state index contributed by atoms with van der Waals surface area (Å²) in [4.78, 5) is 7.18. The summed E-state index contributed by atoms with van der Waals surface area (Å²) in [6.07, 6.45) is 3.52. The van der Waals surface area contributed by atoms with Crippen LogP contribution in [0.4, 0.5) is 5.13 Å². The second-order valence-electron chi connectivity index (χ2n) is 2.70. The molecule has 1 atom stereocenters. The van der Waals surface area contributed by atoms with Crippen LogP contribution in [0.5, 0.6) is 0 Å². The van der Waals surface area contributed by atoms with E-state index in [1.165, 1.54) is 11.3 Å². The first-order valence-corrected chi connectivity index (χ1v) is 5.61. The van der Waals surface area contributed by atoms with Gasteiger partial charge in [0, 0.05) is 12.4 Å². The first-order chi connectivity index (χ1) is 6.75. The number of hydrogen-bond acceptors (Lipinski definition) is 5. The van der Waals surface area contributed by atoms with E-state index in [4.69, 9.17) is 0 Å². The molecule has 2 aromatic heterocycles. The fraction of sp³-hybridized carbons (Fsp3) is 0.286. The number of H-pyrrole nitrogens is 1. The molecule has 14 heavy (non-hydrogen) atoms. The Morgan fingerprint density at radius 2 is 2.43 bits per heavy atom. The Morgan fingerprint density at radius 1 is 1.57 bits per heavy atom. The summed E-state index contributed by atoms with van der Waals surface area (Å²) < 4.78 is 0.770. The van der Waals surface area contributed by atoms with Crippen molar-refractivity contribution in [2.45, 2.75) is 13.0 Å². The molecular formula is C7H8BrN5S. The molecule has 0 aliphatic carbocycles. The maximum atomic E-state index is 4.15. The lowest BCUT2D eigenvalue weighted by Gasteiger charge is -2.08. The molecular weight excluding hydrogens is 266 g/mol. The van der Waals surface area contributed by atoms with Crippen molar-refractivity contribution in [2.24, 2.45) is 0 Å². The quantitative estimate of drug-likeness (QED) is 0.900. The van der Waals surface area contributed by atoms with Crippen LogP contribution in [0.25, 0.3) is 0 Å². The summed E-state index contributed by atoms with van der Waals surface area (Å²) in [5.41, 5.74) is 0. The van der Waals surface area contributed by atoms with E-state index in [0.717, 1.165) is 14.9 Å². The van der Waals surface area contributed by atoms with Gasteiger partial charge in [-0.25, -0.2) is 4.98 Å². The molecule has 0 fully saturated rings. The maximum Gasteiger partial charge on any atom is 0.207 e. The minimum absolute atomic E-state index is 0.102. The van der Waals surface area contributed by atoms with Gasteiger partial charge >= 0.3 is 0 Å². The van der Waals surface area contributed by atoms with Gasteiger partial charge in [-0.1, -0.05) is 11.3 Å².